The van der Waals surface area contributed by atoms with Crippen LogP contribution < -0.4 is 4.90 Å². The number of benzene rings is 2. The molecule has 0 saturated carbocycles. The highest BCUT2D eigenvalue weighted by molar-refractivity contribution is 9.39. The van der Waals surface area contributed by atoms with Crippen LogP contribution in [0.1, 0.15) is 22.7 Å². The number of quaternary nitrogens is 1. The van der Waals surface area contributed by atoms with Gasteiger partial charge in [0.25, 0.3) is 5.69 Å². The van der Waals surface area contributed by atoms with E-state index in [4.69, 9.17) is 11.6 Å². The van der Waals surface area contributed by atoms with Crippen molar-refractivity contribution >= 4 is 71.2 Å². The molecular formula is C17H13Br3ClN2O2+. The van der Waals surface area contributed by atoms with Gasteiger partial charge in [0.2, 0.25) is 0 Å². The largest absolute Gasteiger partial charge is 0.296 e. The lowest BCUT2D eigenvalue weighted by atomic mass is 9.97. The Bertz CT molecular complexity index is 852. The highest BCUT2D eigenvalue weighted by Crippen LogP contribution is 2.45. The number of nitro benzene ring substituents is 1. The number of non-ortho nitro benzene ring substituents is 1. The van der Waals surface area contributed by atoms with Crippen molar-refractivity contribution in [2.75, 3.05) is 0 Å². The molecule has 0 aromatic heterocycles. The fourth-order valence-corrected chi connectivity index (χ4v) is 4.80. The highest BCUT2D eigenvalue weighted by atomic mass is 80.0. The van der Waals surface area contributed by atoms with Crippen LogP contribution in [0.4, 0.5) is 5.69 Å². The molecule has 2 aromatic carbocycles. The highest BCUT2D eigenvalue weighted by Gasteiger charge is 2.42. The van der Waals surface area contributed by atoms with Crippen LogP contribution in [-0.2, 0) is 6.54 Å². The second-order valence-electron chi connectivity index (χ2n) is 5.72. The van der Waals surface area contributed by atoms with Crippen LogP contribution in [0.15, 0.2) is 48.7 Å². The maximum atomic E-state index is 11.1. The Morgan fingerprint density at radius 1 is 1.20 bits per heavy atom. The number of rotatable bonds is 3. The van der Waals surface area contributed by atoms with Gasteiger partial charge in [0, 0.05) is 28.3 Å². The summed E-state index contributed by atoms with van der Waals surface area (Å²) in [5, 5.41) is 11.6. The second-order valence-corrected chi connectivity index (χ2v) is 13.1. The molecule has 0 bridgehead atoms. The fourth-order valence-electron chi connectivity index (χ4n) is 3.00. The van der Waals surface area contributed by atoms with Crippen molar-refractivity contribution in [1.82, 2.24) is 0 Å². The molecule has 8 heteroatoms. The molecule has 1 unspecified atom stereocenters. The van der Waals surface area contributed by atoms with E-state index in [9.17, 15) is 10.1 Å². The fraction of sp³-hybridized carbons (Fsp3) is 0.176. The first kappa shape index (κ1) is 19.0. The Kier molecular flexibility index (Phi) is 5.70. The molecule has 0 radical (unpaired) electrons. The van der Waals surface area contributed by atoms with E-state index in [1.54, 1.807) is 12.1 Å². The average Bonchev–Trinajstić information content (AvgIpc) is 2.55. The molecule has 0 spiro atoms. The van der Waals surface area contributed by atoms with Gasteiger partial charge in [-0.1, -0.05) is 83.7 Å². The van der Waals surface area contributed by atoms with Gasteiger partial charge < -0.3 is 0 Å². The van der Waals surface area contributed by atoms with Crippen LogP contribution >= 0.6 is 59.4 Å². The average molecular weight is 552 g/mol. The lowest BCUT2D eigenvalue weighted by Gasteiger charge is -2.35. The van der Waals surface area contributed by atoms with Crippen molar-refractivity contribution in [2.45, 2.75) is 14.7 Å². The molecule has 1 aliphatic heterocycles. The summed E-state index contributed by atoms with van der Waals surface area (Å²) in [6.45, 7) is 0.514. The zero-order chi connectivity index (χ0) is 18.2. The van der Waals surface area contributed by atoms with Crippen molar-refractivity contribution in [1.29, 1.82) is 0 Å². The molecule has 3 rings (SSSR count). The Labute approximate surface area is 175 Å². The van der Waals surface area contributed by atoms with E-state index in [1.807, 2.05) is 12.1 Å². The van der Waals surface area contributed by atoms with Gasteiger partial charge in [0.15, 0.2) is 8.18 Å². The summed E-state index contributed by atoms with van der Waals surface area (Å²) in [6.07, 6.45) is 4.12. The minimum atomic E-state index is -0.531. The molecular weight excluding hydrogens is 539 g/mol. The predicted octanol–water partition coefficient (Wildman–Crippen LogP) is 5.20. The molecule has 0 fully saturated rings. The SMILES string of the molecule is O=[N+]([O-])c1ccc(Cl)c(C[NH+]2C=Cc3ccccc3[C@@H]2C(Br)(Br)Br)c1. The van der Waals surface area contributed by atoms with Gasteiger partial charge in [-0.25, -0.2) is 0 Å². The zero-order valence-corrected chi connectivity index (χ0v) is 18.3. The standard InChI is InChI=1S/C17H12Br3ClN2O2/c18-17(19,20)16-14-4-2-1-3-11(14)7-8-22(16)10-12-9-13(23(24)25)5-6-15(12)21/h1-9,16H,10H2/p+1/t16-/m1/s1. The third-order valence-corrected chi connectivity index (χ3v) is 5.86. The van der Waals surface area contributed by atoms with Gasteiger partial charge in [-0.15, -0.1) is 0 Å². The van der Waals surface area contributed by atoms with Gasteiger partial charge in [0.1, 0.15) is 6.54 Å². The van der Waals surface area contributed by atoms with E-state index >= 15 is 0 Å². The molecule has 25 heavy (non-hydrogen) atoms. The Morgan fingerprint density at radius 2 is 1.92 bits per heavy atom. The van der Waals surface area contributed by atoms with E-state index in [0.717, 1.165) is 21.6 Å². The van der Waals surface area contributed by atoms with Crippen molar-refractivity contribution in [3.05, 3.63) is 80.5 Å². The van der Waals surface area contributed by atoms with Crippen LogP contribution in [-0.4, -0.2) is 7.07 Å². The van der Waals surface area contributed by atoms with E-state index < -0.39 is 7.07 Å². The molecule has 0 saturated heterocycles. The number of alkyl halides is 3. The molecule has 1 aliphatic rings. The van der Waals surface area contributed by atoms with Gasteiger partial charge in [0.05, 0.1) is 11.1 Å². The lowest BCUT2D eigenvalue weighted by molar-refractivity contribution is -0.893. The number of halogens is 4. The Balaban J connectivity index is 2.00. The number of nitrogens with one attached hydrogen (secondary N) is 1. The van der Waals surface area contributed by atoms with Crippen LogP contribution in [0.3, 0.4) is 0 Å². The quantitative estimate of drug-likeness (QED) is 0.324. The minimum Gasteiger partial charge on any atom is -0.296 e. The summed E-state index contributed by atoms with van der Waals surface area (Å²) in [5.41, 5.74) is 3.08. The molecule has 130 valence electrons. The summed E-state index contributed by atoms with van der Waals surface area (Å²) < 4.78 is -0.531. The summed E-state index contributed by atoms with van der Waals surface area (Å²) in [4.78, 5) is 11.7. The van der Waals surface area contributed by atoms with Crippen molar-refractivity contribution < 1.29 is 9.82 Å². The maximum Gasteiger partial charge on any atom is 0.270 e. The Morgan fingerprint density at radius 3 is 2.60 bits per heavy atom. The van der Waals surface area contributed by atoms with Gasteiger partial charge >= 0.3 is 0 Å². The summed E-state index contributed by atoms with van der Waals surface area (Å²) >= 11 is 17.3. The predicted molar refractivity (Wildman–Crippen MR) is 111 cm³/mol. The van der Waals surface area contributed by atoms with E-state index in [0.29, 0.717) is 11.6 Å². The third-order valence-electron chi connectivity index (χ3n) is 4.12. The third kappa shape index (κ3) is 4.17. The molecule has 1 heterocycles. The number of hydrogen-bond acceptors (Lipinski definition) is 2. The first-order valence-corrected chi connectivity index (χ1v) is 10.2. The number of hydrogen-bond donors (Lipinski definition) is 1. The van der Waals surface area contributed by atoms with Crippen molar-refractivity contribution in [2.24, 2.45) is 0 Å². The zero-order valence-electron chi connectivity index (χ0n) is 12.8. The minimum absolute atomic E-state index is 0.0102. The van der Waals surface area contributed by atoms with E-state index in [-0.39, 0.29) is 11.7 Å². The molecule has 0 amide bonds. The van der Waals surface area contributed by atoms with Gasteiger partial charge in [-0.05, 0) is 17.7 Å². The first-order valence-electron chi connectivity index (χ1n) is 7.39. The summed E-state index contributed by atoms with van der Waals surface area (Å²) in [6, 6.07) is 12.7. The van der Waals surface area contributed by atoms with Crippen LogP contribution in [0.5, 0.6) is 0 Å². The van der Waals surface area contributed by atoms with Crippen LogP contribution in [0.2, 0.25) is 5.02 Å². The molecule has 2 aromatic rings. The molecule has 4 nitrogen and oxygen atoms in total. The monoisotopic (exact) mass is 549 g/mol. The normalized spacial score (nSPS) is 19.5. The second kappa shape index (κ2) is 7.48. The van der Waals surface area contributed by atoms with Crippen molar-refractivity contribution in [3.8, 4) is 0 Å². The summed E-state index contributed by atoms with van der Waals surface area (Å²) in [7, 11) is 0. The lowest BCUT2D eigenvalue weighted by Crippen LogP contribution is -3.08. The van der Waals surface area contributed by atoms with E-state index in [1.165, 1.54) is 6.07 Å². The first-order chi connectivity index (χ1) is 11.8. The molecule has 2 atom stereocenters. The number of nitro groups is 1. The molecule has 1 N–H and O–H groups in total. The van der Waals surface area contributed by atoms with Crippen LogP contribution in [0.25, 0.3) is 6.08 Å². The topological polar surface area (TPSA) is 47.6 Å². The Hall–Kier alpha value is -0.730. The number of nitrogens with zero attached hydrogens (tertiary/aromatic N) is 1. The summed E-state index contributed by atoms with van der Waals surface area (Å²) in [5.74, 6) is 0. The molecule has 0 aliphatic carbocycles. The van der Waals surface area contributed by atoms with E-state index in [2.05, 4.69) is 72.2 Å². The number of fused-ring (bicyclic) bond motifs is 1. The van der Waals surface area contributed by atoms with Crippen LogP contribution in [0, 0.1) is 10.1 Å². The van der Waals surface area contributed by atoms with Gasteiger partial charge in [-0.2, -0.15) is 0 Å². The van der Waals surface area contributed by atoms with Gasteiger partial charge in [-0.3, -0.25) is 15.0 Å². The maximum absolute atomic E-state index is 11.1. The smallest absolute Gasteiger partial charge is 0.270 e. The van der Waals surface area contributed by atoms with Crippen molar-refractivity contribution in [3.63, 3.8) is 0 Å².